The lowest BCUT2D eigenvalue weighted by atomic mass is 9.97. The smallest absolute Gasteiger partial charge is 0.174 e. The highest BCUT2D eigenvalue weighted by Crippen LogP contribution is 2.26. The summed E-state index contributed by atoms with van der Waals surface area (Å²) >= 11 is 7.77. The van der Waals surface area contributed by atoms with Crippen LogP contribution >= 0.6 is 22.9 Å². The van der Waals surface area contributed by atoms with Crippen LogP contribution in [-0.4, -0.2) is 18.2 Å². The lowest BCUT2D eigenvalue weighted by molar-refractivity contribution is -0.118. The highest BCUT2D eigenvalue weighted by Gasteiger charge is 2.20. The number of halogens is 1. The molecule has 0 spiro atoms. The zero-order valence-corrected chi connectivity index (χ0v) is 20.6. The van der Waals surface area contributed by atoms with Gasteiger partial charge in [-0.2, -0.15) is 0 Å². The topological polar surface area (TPSA) is 69.4 Å². The average Bonchev–Trinajstić information content (AvgIpc) is 2.96. The third-order valence-corrected chi connectivity index (χ3v) is 7.93. The number of anilines is 1. The van der Waals surface area contributed by atoms with Crippen LogP contribution in [0.25, 0.3) is 11.6 Å². The van der Waals surface area contributed by atoms with Gasteiger partial charge in [-0.3, -0.25) is 9.59 Å². The second kappa shape index (κ2) is 10.7. The highest BCUT2D eigenvalue weighted by molar-refractivity contribution is 7.12. The van der Waals surface area contributed by atoms with Gasteiger partial charge in [0, 0.05) is 40.5 Å². The third kappa shape index (κ3) is 5.59. The summed E-state index contributed by atoms with van der Waals surface area (Å²) in [5, 5.41) is 1.60. The number of benzene rings is 1. The van der Waals surface area contributed by atoms with Crippen molar-refractivity contribution in [3.8, 4) is 0 Å². The molecule has 0 saturated heterocycles. The van der Waals surface area contributed by atoms with Gasteiger partial charge in [0.05, 0.1) is 22.9 Å². The molecule has 6 heteroatoms. The molecule has 0 aliphatic heterocycles. The number of carbonyl (C=O) groups excluding carboxylic acids is 2. The molecule has 1 aromatic carbocycles. The number of hydrogen-bond acceptors (Lipinski definition) is 5. The Kier molecular flexibility index (Phi) is 7.71. The summed E-state index contributed by atoms with van der Waals surface area (Å²) in [6.07, 6.45) is 10.2. The number of thiophene rings is 1. The predicted molar refractivity (Wildman–Crippen MR) is 136 cm³/mol. The largest absolute Gasteiger partial charge is 0.498 e. The first-order valence-electron chi connectivity index (χ1n) is 11.7. The zero-order valence-electron chi connectivity index (χ0n) is 19.0. The monoisotopic (exact) mass is 483 g/mol. The van der Waals surface area contributed by atoms with Gasteiger partial charge in [0.1, 0.15) is 5.78 Å². The van der Waals surface area contributed by atoms with E-state index in [4.69, 9.17) is 22.1 Å². The molecule has 1 fully saturated rings. The number of allylic oxidation sites excluding steroid dienone is 2. The molecule has 0 radical (unpaired) electrons. The Balaban J connectivity index is 1.68. The maximum absolute atomic E-state index is 12.5. The minimum atomic E-state index is 0.0652. The van der Waals surface area contributed by atoms with Gasteiger partial charge in [0.2, 0.25) is 0 Å². The Morgan fingerprint density at radius 1 is 1.21 bits per heavy atom. The van der Waals surface area contributed by atoms with Crippen molar-refractivity contribution in [3.63, 3.8) is 0 Å². The van der Waals surface area contributed by atoms with E-state index in [-0.39, 0.29) is 5.78 Å². The van der Waals surface area contributed by atoms with E-state index in [2.05, 4.69) is 12.2 Å². The van der Waals surface area contributed by atoms with Crippen LogP contribution < -0.4 is 15.5 Å². The van der Waals surface area contributed by atoms with Crippen LogP contribution in [0.4, 0.5) is 5.69 Å². The maximum atomic E-state index is 12.5. The van der Waals surface area contributed by atoms with Crippen LogP contribution in [0.2, 0.25) is 5.02 Å². The molecule has 4 nitrogen and oxygen atoms in total. The Morgan fingerprint density at radius 3 is 2.85 bits per heavy atom. The molecule has 0 bridgehead atoms. The summed E-state index contributed by atoms with van der Waals surface area (Å²) < 4.78 is 7.27. The first-order valence-corrected chi connectivity index (χ1v) is 12.9. The SMILES string of the molecule is CCC(=O)c1sc2c(c1N)=C(c1cccc(Cl)c1)CC=C(OCC1CCCC(=O)CC1)CC=2. The summed E-state index contributed by atoms with van der Waals surface area (Å²) in [4.78, 5) is 24.9. The second-order valence-electron chi connectivity index (χ2n) is 8.78. The normalized spacial score (nSPS) is 19.0. The van der Waals surface area contributed by atoms with Crippen LogP contribution in [0.3, 0.4) is 0 Å². The van der Waals surface area contributed by atoms with Crippen LogP contribution in [0.1, 0.15) is 73.5 Å². The number of Topliss-reactive ketones (excluding diaryl/α,β-unsaturated/α-hetero) is 2. The van der Waals surface area contributed by atoms with E-state index >= 15 is 0 Å². The summed E-state index contributed by atoms with van der Waals surface area (Å²) in [5.74, 6) is 1.78. The highest BCUT2D eigenvalue weighted by atomic mass is 35.5. The molecule has 2 N–H and O–H groups in total. The van der Waals surface area contributed by atoms with Gasteiger partial charge in [-0.15, -0.1) is 11.3 Å². The molecule has 1 heterocycles. The van der Waals surface area contributed by atoms with Crippen molar-refractivity contribution in [1.29, 1.82) is 0 Å². The van der Waals surface area contributed by atoms with Gasteiger partial charge in [-0.1, -0.05) is 36.7 Å². The minimum absolute atomic E-state index is 0.0652. The van der Waals surface area contributed by atoms with E-state index in [0.29, 0.717) is 66.0 Å². The molecule has 2 aromatic rings. The van der Waals surface area contributed by atoms with Crippen LogP contribution in [-0.2, 0) is 9.53 Å². The van der Waals surface area contributed by atoms with Crippen LogP contribution in [0.5, 0.6) is 0 Å². The van der Waals surface area contributed by atoms with E-state index in [1.54, 1.807) is 0 Å². The number of hydrogen-bond donors (Lipinski definition) is 1. The minimum Gasteiger partial charge on any atom is -0.498 e. The van der Waals surface area contributed by atoms with Crippen molar-refractivity contribution in [1.82, 2.24) is 0 Å². The molecular formula is C27H30ClNO3S. The maximum Gasteiger partial charge on any atom is 0.174 e. The number of ketones is 2. The second-order valence-corrected chi connectivity index (χ2v) is 10.3. The number of nitrogen functional groups attached to an aromatic ring is 1. The fourth-order valence-corrected chi connectivity index (χ4v) is 5.93. The van der Waals surface area contributed by atoms with Gasteiger partial charge >= 0.3 is 0 Å². The number of ether oxygens (including phenoxy) is 1. The van der Waals surface area contributed by atoms with Gasteiger partial charge in [-0.05, 0) is 60.9 Å². The summed E-state index contributed by atoms with van der Waals surface area (Å²) in [6.45, 7) is 2.50. The first-order chi connectivity index (χ1) is 16.0. The molecule has 33 heavy (non-hydrogen) atoms. The number of nitrogens with two attached hydrogens (primary N) is 1. The van der Waals surface area contributed by atoms with Crippen molar-refractivity contribution >= 4 is 51.8 Å². The Labute approximate surface area is 203 Å². The molecule has 1 aromatic heterocycles. The van der Waals surface area contributed by atoms with Crippen LogP contribution in [0.15, 0.2) is 36.1 Å². The van der Waals surface area contributed by atoms with E-state index < -0.39 is 0 Å². The van der Waals surface area contributed by atoms with Gasteiger partial charge in [0.15, 0.2) is 5.78 Å². The number of fused-ring (bicyclic) bond motifs is 1. The Morgan fingerprint density at radius 2 is 2.06 bits per heavy atom. The van der Waals surface area contributed by atoms with Crippen molar-refractivity contribution in [2.45, 2.75) is 58.3 Å². The molecule has 1 unspecified atom stereocenters. The molecule has 2 aliphatic carbocycles. The van der Waals surface area contributed by atoms with Gasteiger partial charge < -0.3 is 10.5 Å². The van der Waals surface area contributed by atoms with E-state index in [1.807, 2.05) is 31.2 Å². The zero-order chi connectivity index (χ0) is 23.4. The van der Waals surface area contributed by atoms with Crippen molar-refractivity contribution < 1.29 is 14.3 Å². The fourth-order valence-electron chi connectivity index (χ4n) is 4.55. The van der Waals surface area contributed by atoms with Gasteiger partial charge in [0.25, 0.3) is 0 Å². The Bertz CT molecular complexity index is 1210. The fraction of sp³-hybridized carbons (Fsp3) is 0.407. The summed E-state index contributed by atoms with van der Waals surface area (Å²) in [5.41, 5.74) is 9.15. The molecule has 1 atom stereocenters. The van der Waals surface area contributed by atoms with E-state index in [9.17, 15) is 9.59 Å². The lowest BCUT2D eigenvalue weighted by Gasteiger charge is -2.17. The van der Waals surface area contributed by atoms with Crippen molar-refractivity contribution in [3.05, 3.63) is 61.3 Å². The predicted octanol–water partition coefficient (Wildman–Crippen LogP) is 5.40. The quantitative estimate of drug-likeness (QED) is 0.441. The molecule has 174 valence electrons. The molecule has 4 rings (SSSR count). The summed E-state index contributed by atoms with van der Waals surface area (Å²) in [7, 11) is 0. The number of carbonyl (C=O) groups is 2. The van der Waals surface area contributed by atoms with E-state index in [0.717, 1.165) is 45.9 Å². The summed E-state index contributed by atoms with van der Waals surface area (Å²) in [6, 6.07) is 7.76. The van der Waals surface area contributed by atoms with Crippen LogP contribution in [0, 0.1) is 5.92 Å². The third-order valence-electron chi connectivity index (χ3n) is 6.45. The standard InChI is InChI=1S/C27H30ClNO3S/c1-2-23(31)27-26(29)25-22(18-6-4-7-19(28)15-18)13-11-21(12-14-24(25)33-27)32-16-17-5-3-8-20(30)10-9-17/h4,6-7,11,14-15,17H,2-3,5,8-10,12-13,16,29H2,1H3. The van der Waals surface area contributed by atoms with E-state index in [1.165, 1.54) is 11.3 Å². The molecule has 1 saturated carbocycles. The first kappa shape index (κ1) is 23.8. The van der Waals surface area contributed by atoms with Crippen molar-refractivity contribution in [2.75, 3.05) is 12.3 Å². The molecule has 0 amide bonds. The average molecular weight is 484 g/mol. The molecular weight excluding hydrogens is 454 g/mol. The molecule has 2 aliphatic rings. The number of rotatable bonds is 6. The lowest BCUT2D eigenvalue weighted by Crippen LogP contribution is -2.26. The van der Waals surface area contributed by atoms with Crippen molar-refractivity contribution in [2.24, 2.45) is 5.92 Å². The van der Waals surface area contributed by atoms with Gasteiger partial charge in [-0.25, -0.2) is 0 Å². The Hall–Kier alpha value is -2.37.